The van der Waals surface area contributed by atoms with Crippen LogP contribution >= 0.6 is 0 Å². The van der Waals surface area contributed by atoms with Crippen LogP contribution in [0.15, 0.2) is 59.4 Å². The molecule has 1 heterocycles. The highest BCUT2D eigenvalue weighted by atomic mass is 16.6. The molecule has 9 heteroatoms. The summed E-state index contributed by atoms with van der Waals surface area (Å²) in [4.78, 5) is 17.2. The number of rotatable bonds is 6. The molecule has 1 aromatic carbocycles. The molecule has 0 aliphatic rings. The molecule has 0 atom stereocenters. The van der Waals surface area contributed by atoms with Gasteiger partial charge in [-0.1, -0.05) is 6.58 Å². The third kappa shape index (κ3) is 7.45. The first kappa shape index (κ1) is 23.4. The maximum absolute atomic E-state index is 9.86. The summed E-state index contributed by atoms with van der Waals surface area (Å²) in [6, 6.07) is 5.34. The van der Waals surface area contributed by atoms with E-state index in [4.69, 9.17) is 28.9 Å². The molecule has 0 saturated carbocycles. The number of nitrogens with zero attached hydrogens (tertiary/aromatic N) is 1. The van der Waals surface area contributed by atoms with Crippen LogP contribution in [0.5, 0.6) is 11.5 Å². The lowest BCUT2D eigenvalue weighted by atomic mass is 10.2. The average molecular weight is 379 g/mol. The molecule has 0 aliphatic carbocycles. The predicted molar refractivity (Wildman–Crippen MR) is 99.4 cm³/mol. The van der Waals surface area contributed by atoms with E-state index >= 15 is 0 Å². The number of methoxy groups -OCH3 is 2. The summed E-state index contributed by atoms with van der Waals surface area (Å²) in [7, 11) is 3.16. The fourth-order valence-electron chi connectivity index (χ4n) is 1.75. The molecule has 0 fully saturated rings. The Morgan fingerprint density at radius 2 is 1.85 bits per heavy atom. The smallest absolute Gasteiger partial charge is 0.262 e. The monoisotopic (exact) mass is 379 g/mol. The molecule has 0 amide bonds. The number of nitro groups is 1. The van der Waals surface area contributed by atoms with E-state index in [0.29, 0.717) is 22.8 Å². The van der Waals surface area contributed by atoms with Crippen LogP contribution in [0.25, 0.3) is 11.0 Å². The van der Waals surface area contributed by atoms with E-state index in [1.54, 1.807) is 26.4 Å². The van der Waals surface area contributed by atoms with Crippen molar-refractivity contribution in [1.82, 2.24) is 0 Å². The maximum Gasteiger partial charge on any atom is 0.262 e. The molecule has 0 spiro atoms. The summed E-state index contributed by atoms with van der Waals surface area (Å²) in [5, 5.41) is 28.1. The van der Waals surface area contributed by atoms with Gasteiger partial charge in [-0.05, 0) is 24.8 Å². The summed E-state index contributed by atoms with van der Waals surface area (Å²) in [6.45, 7) is 8.05. The SMILES string of the molecule is C=C(O)/C=C\C(=C)[N+](=O)[O-].C=O.COc1cc(OC)c2oc(CO)cc2c1. The highest BCUT2D eigenvalue weighted by Gasteiger charge is 2.10. The minimum absolute atomic E-state index is 0.125. The zero-order valence-electron chi connectivity index (χ0n) is 15.0. The minimum Gasteiger partial charge on any atom is -0.509 e. The summed E-state index contributed by atoms with van der Waals surface area (Å²) in [6.07, 6.45) is 2.17. The number of carbonyl (C=O) groups is 1. The Labute approximate surface area is 155 Å². The van der Waals surface area contributed by atoms with E-state index in [2.05, 4.69) is 13.2 Å². The van der Waals surface area contributed by atoms with Crippen molar-refractivity contribution in [3.63, 3.8) is 0 Å². The Hall–Kier alpha value is -3.59. The summed E-state index contributed by atoms with van der Waals surface area (Å²) in [5.74, 6) is 1.58. The first-order valence-electron chi connectivity index (χ1n) is 7.25. The lowest BCUT2D eigenvalue weighted by Crippen LogP contribution is -1.92. The van der Waals surface area contributed by atoms with E-state index < -0.39 is 4.92 Å². The summed E-state index contributed by atoms with van der Waals surface area (Å²) >= 11 is 0. The first-order valence-corrected chi connectivity index (χ1v) is 7.25. The molecule has 2 N–H and O–H groups in total. The van der Waals surface area contributed by atoms with Gasteiger partial charge in [0.15, 0.2) is 11.3 Å². The number of aliphatic hydroxyl groups excluding tert-OH is 2. The molecule has 0 bridgehead atoms. The molecule has 0 saturated heterocycles. The fourth-order valence-corrected chi connectivity index (χ4v) is 1.75. The number of furan rings is 1. The summed E-state index contributed by atoms with van der Waals surface area (Å²) in [5.41, 5.74) is 0.345. The predicted octanol–water partition coefficient (Wildman–Crippen LogP) is 3.16. The summed E-state index contributed by atoms with van der Waals surface area (Å²) < 4.78 is 15.7. The van der Waals surface area contributed by atoms with Crippen molar-refractivity contribution in [3.8, 4) is 11.5 Å². The number of allylic oxidation sites excluding steroid dienone is 2. The lowest BCUT2D eigenvalue weighted by Gasteiger charge is -2.03. The Kier molecular flexibility index (Phi) is 10.3. The van der Waals surface area contributed by atoms with Gasteiger partial charge in [0.05, 0.1) is 19.1 Å². The highest BCUT2D eigenvalue weighted by molar-refractivity contribution is 5.85. The number of benzene rings is 1. The third-order valence-corrected chi connectivity index (χ3v) is 2.92. The Morgan fingerprint density at radius 3 is 2.30 bits per heavy atom. The van der Waals surface area contributed by atoms with E-state index in [-0.39, 0.29) is 18.1 Å². The second-order valence-electron chi connectivity index (χ2n) is 4.69. The number of ether oxygens (including phenoxy) is 2. The molecule has 27 heavy (non-hydrogen) atoms. The quantitative estimate of drug-likeness (QED) is 0.338. The van der Waals surface area contributed by atoms with Gasteiger partial charge in [0.1, 0.15) is 30.7 Å². The van der Waals surface area contributed by atoms with Gasteiger partial charge in [0.25, 0.3) is 5.70 Å². The van der Waals surface area contributed by atoms with Gasteiger partial charge >= 0.3 is 0 Å². The van der Waals surface area contributed by atoms with E-state index in [1.807, 2.05) is 12.9 Å². The molecule has 1 aromatic heterocycles. The lowest BCUT2D eigenvalue weighted by molar-refractivity contribution is -0.418. The molecule has 2 rings (SSSR count). The Bertz CT molecular complexity index is 822. The fraction of sp³-hybridized carbons (Fsp3) is 0.167. The molecular weight excluding hydrogens is 358 g/mol. The van der Waals surface area contributed by atoms with Crippen LogP contribution in [-0.4, -0.2) is 36.1 Å². The standard InChI is InChI=1S/C11H12O4.C6H7NO3.CH2O/c1-13-8-3-7-4-9(6-12)15-11(7)10(5-8)14-2;1-5(7(9)10)3-4-6(2)8;1-2/h3-5,12H,6H2,1-2H3;3-4,8H,1-2H2;1H2/b;4-3-;. The topological polar surface area (TPSA) is 132 Å². The minimum atomic E-state index is -0.653. The van der Waals surface area contributed by atoms with Gasteiger partial charge in [0, 0.05) is 17.5 Å². The third-order valence-electron chi connectivity index (χ3n) is 2.92. The van der Waals surface area contributed by atoms with Crippen LogP contribution in [0.3, 0.4) is 0 Å². The highest BCUT2D eigenvalue weighted by Crippen LogP contribution is 2.33. The van der Waals surface area contributed by atoms with Crippen LogP contribution in [0, 0.1) is 10.1 Å². The zero-order valence-corrected chi connectivity index (χ0v) is 15.0. The Balaban J connectivity index is 0.000000495. The van der Waals surface area contributed by atoms with Crippen molar-refractivity contribution in [3.05, 3.63) is 70.8 Å². The van der Waals surface area contributed by atoms with Gasteiger partial charge < -0.3 is 28.9 Å². The van der Waals surface area contributed by atoms with Crippen molar-refractivity contribution < 1.29 is 33.8 Å². The zero-order chi connectivity index (χ0) is 21.0. The van der Waals surface area contributed by atoms with Crippen LogP contribution < -0.4 is 9.47 Å². The van der Waals surface area contributed by atoms with E-state index in [1.165, 1.54) is 0 Å². The first-order chi connectivity index (χ1) is 12.8. The van der Waals surface area contributed by atoms with Gasteiger partial charge in [-0.15, -0.1) is 0 Å². The molecule has 9 nitrogen and oxygen atoms in total. The second kappa shape index (κ2) is 11.9. The van der Waals surface area contributed by atoms with E-state index in [0.717, 1.165) is 17.5 Å². The average Bonchev–Trinajstić information content (AvgIpc) is 3.10. The number of hydrogen-bond acceptors (Lipinski definition) is 8. The van der Waals surface area contributed by atoms with Crippen molar-refractivity contribution in [1.29, 1.82) is 0 Å². The molecule has 146 valence electrons. The van der Waals surface area contributed by atoms with Crippen molar-refractivity contribution in [2.75, 3.05) is 14.2 Å². The second-order valence-corrected chi connectivity index (χ2v) is 4.69. The van der Waals surface area contributed by atoms with Gasteiger partial charge in [-0.25, -0.2) is 0 Å². The van der Waals surface area contributed by atoms with E-state index in [9.17, 15) is 10.1 Å². The molecule has 0 unspecified atom stereocenters. The van der Waals surface area contributed by atoms with Crippen LogP contribution in [0.1, 0.15) is 5.76 Å². The van der Waals surface area contributed by atoms with Crippen molar-refractivity contribution in [2.45, 2.75) is 6.61 Å². The van der Waals surface area contributed by atoms with Crippen LogP contribution in [0.4, 0.5) is 0 Å². The largest absolute Gasteiger partial charge is 0.509 e. The number of fused-ring (bicyclic) bond motifs is 1. The molecular formula is C18H21NO8. The molecule has 2 aromatic rings. The normalized spacial score (nSPS) is 9.59. The number of hydrogen-bond donors (Lipinski definition) is 2. The van der Waals surface area contributed by atoms with Gasteiger partial charge in [-0.2, -0.15) is 0 Å². The van der Waals surface area contributed by atoms with Crippen LogP contribution in [0.2, 0.25) is 0 Å². The number of aliphatic hydroxyl groups is 2. The Morgan fingerprint density at radius 1 is 1.22 bits per heavy atom. The maximum atomic E-state index is 9.86. The van der Waals surface area contributed by atoms with Crippen LogP contribution in [-0.2, 0) is 11.4 Å². The van der Waals surface area contributed by atoms with Gasteiger partial charge in [-0.3, -0.25) is 10.1 Å². The molecule has 0 radical (unpaired) electrons. The number of carbonyl (C=O) groups excluding carboxylic acids is 1. The molecule has 0 aliphatic heterocycles. The van der Waals surface area contributed by atoms with Crippen molar-refractivity contribution in [2.24, 2.45) is 0 Å². The van der Waals surface area contributed by atoms with Gasteiger partial charge in [0.2, 0.25) is 0 Å². The van der Waals surface area contributed by atoms with Crippen molar-refractivity contribution >= 4 is 17.8 Å².